The predicted molar refractivity (Wildman–Crippen MR) is 84.3 cm³/mol. The van der Waals surface area contributed by atoms with Crippen LogP contribution in [0.2, 0.25) is 0 Å². The molecule has 2 aliphatic heterocycles. The van der Waals surface area contributed by atoms with Gasteiger partial charge in [-0.15, -0.1) is 11.3 Å². The van der Waals surface area contributed by atoms with Crippen LogP contribution >= 0.6 is 11.3 Å². The zero-order chi connectivity index (χ0) is 14.0. The molecule has 1 amide bonds. The van der Waals surface area contributed by atoms with E-state index in [1.807, 2.05) is 36.4 Å². The average molecular weight is 290 g/mol. The largest absolute Gasteiger partial charge is 0.287 e. The molecule has 0 radical (unpaired) electrons. The minimum atomic E-state index is 0.0828. The van der Waals surface area contributed by atoms with Gasteiger partial charge in [-0.25, -0.2) is 4.99 Å². The molecule has 0 spiro atoms. The van der Waals surface area contributed by atoms with Crippen LogP contribution in [0.15, 0.2) is 53.5 Å². The van der Waals surface area contributed by atoms with Gasteiger partial charge in [0.1, 0.15) is 10.7 Å². The van der Waals surface area contributed by atoms with Gasteiger partial charge in [-0.1, -0.05) is 36.4 Å². The Morgan fingerprint density at radius 2 is 1.86 bits per heavy atom. The van der Waals surface area contributed by atoms with Crippen molar-refractivity contribution in [1.82, 2.24) is 4.90 Å². The van der Waals surface area contributed by atoms with Gasteiger partial charge >= 0.3 is 0 Å². The van der Waals surface area contributed by atoms with E-state index in [4.69, 9.17) is 4.99 Å². The number of nitrogens with zero attached hydrogens (tertiary/aromatic N) is 2. The molecule has 3 aromatic rings. The molecule has 0 bridgehead atoms. The second-order valence-electron chi connectivity index (χ2n) is 5.26. The van der Waals surface area contributed by atoms with Crippen molar-refractivity contribution in [2.24, 2.45) is 4.99 Å². The van der Waals surface area contributed by atoms with E-state index < -0.39 is 0 Å². The second kappa shape index (κ2) is 3.80. The van der Waals surface area contributed by atoms with Gasteiger partial charge in [-0.3, -0.25) is 9.69 Å². The van der Waals surface area contributed by atoms with Gasteiger partial charge in [0.15, 0.2) is 0 Å². The topological polar surface area (TPSA) is 32.7 Å². The quantitative estimate of drug-likeness (QED) is 0.617. The third kappa shape index (κ3) is 1.37. The third-order valence-corrected chi connectivity index (χ3v) is 5.22. The molecule has 4 heteroatoms. The van der Waals surface area contributed by atoms with Crippen LogP contribution in [-0.2, 0) is 6.54 Å². The molecule has 0 saturated carbocycles. The van der Waals surface area contributed by atoms with Gasteiger partial charge in [-0.2, -0.15) is 0 Å². The molecule has 0 unspecified atom stereocenters. The summed E-state index contributed by atoms with van der Waals surface area (Å²) in [7, 11) is 0. The van der Waals surface area contributed by atoms with Crippen LogP contribution in [0.25, 0.3) is 10.1 Å². The van der Waals surface area contributed by atoms with Crippen molar-refractivity contribution >= 4 is 38.9 Å². The zero-order valence-electron chi connectivity index (χ0n) is 11.0. The standard InChI is InChI=1S/C17H10N2OS/c20-17-15-14(11-6-2-4-8-13(11)21-15)16-18-12-7-3-1-5-10(12)9-19(16)17/h1-8H,9H2. The van der Waals surface area contributed by atoms with Crippen LogP contribution in [0.5, 0.6) is 0 Å². The fourth-order valence-corrected chi connectivity index (χ4v) is 4.22. The summed E-state index contributed by atoms with van der Waals surface area (Å²) >= 11 is 1.57. The van der Waals surface area contributed by atoms with Crippen LogP contribution in [0.4, 0.5) is 5.69 Å². The highest BCUT2D eigenvalue weighted by Gasteiger charge is 2.39. The summed E-state index contributed by atoms with van der Waals surface area (Å²) in [6.07, 6.45) is 0. The monoisotopic (exact) mass is 290 g/mol. The number of fused-ring (bicyclic) bond motifs is 6. The highest BCUT2D eigenvalue weighted by molar-refractivity contribution is 7.21. The van der Waals surface area contributed by atoms with Crippen molar-refractivity contribution in [3.05, 3.63) is 64.5 Å². The summed E-state index contributed by atoms with van der Waals surface area (Å²) in [5.74, 6) is 0.894. The molecule has 0 N–H and O–H groups in total. The Labute approximate surface area is 125 Å². The molecule has 0 atom stereocenters. The number of amidine groups is 1. The highest BCUT2D eigenvalue weighted by atomic mass is 32.1. The molecule has 0 saturated heterocycles. The Morgan fingerprint density at radius 1 is 1.05 bits per heavy atom. The smallest absolute Gasteiger partial charge is 0.270 e. The Morgan fingerprint density at radius 3 is 2.81 bits per heavy atom. The highest BCUT2D eigenvalue weighted by Crippen LogP contribution is 2.41. The molecule has 0 aliphatic carbocycles. The van der Waals surface area contributed by atoms with Crippen LogP contribution < -0.4 is 0 Å². The minimum absolute atomic E-state index is 0.0828. The van der Waals surface area contributed by atoms with E-state index >= 15 is 0 Å². The Hall–Kier alpha value is -2.46. The molecule has 21 heavy (non-hydrogen) atoms. The summed E-state index contributed by atoms with van der Waals surface area (Å²) in [5, 5.41) is 1.13. The summed E-state index contributed by atoms with van der Waals surface area (Å²) in [6, 6.07) is 16.2. The summed E-state index contributed by atoms with van der Waals surface area (Å²) in [5.41, 5.74) is 3.09. The molecule has 100 valence electrons. The van der Waals surface area contributed by atoms with Gasteiger partial charge in [0.05, 0.1) is 12.2 Å². The molecule has 2 aliphatic rings. The Kier molecular flexibility index (Phi) is 2.03. The number of hydrogen-bond acceptors (Lipinski definition) is 3. The number of para-hydroxylation sites is 1. The molecule has 0 fully saturated rings. The molecule has 2 aromatic carbocycles. The lowest BCUT2D eigenvalue weighted by atomic mass is 10.1. The molecule has 1 aromatic heterocycles. The van der Waals surface area contributed by atoms with Crippen molar-refractivity contribution < 1.29 is 4.79 Å². The first-order valence-electron chi connectivity index (χ1n) is 6.83. The van der Waals surface area contributed by atoms with Gasteiger partial charge in [0.2, 0.25) is 0 Å². The van der Waals surface area contributed by atoms with E-state index in [1.165, 1.54) is 0 Å². The van der Waals surface area contributed by atoms with Crippen molar-refractivity contribution in [3.63, 3.8) is 0 Å². The van der Waals surface area contributed by atoms with Crippen molar-refractivity contribution in [3.8, 4) is 0 Å². The SMILES string of the molecule is O=C1c2sc3ccccc3c2C2=Nc3ccccc3CN12. The van der Waals surface area contributed by atoms with E-state index in [0.717, 1.165) is 37.6 Å². The molecule has 3 nitrogen and oxygen atoms in total. The van der Waals surface area contributed by atoms with E-state index in [2.05, 4.69) is 12.1 Å². The van der Waals surface area contributed by atoms with E-state index in [0.29, 0.717) is 6.54 Å². The van der Waals surface area contributed by atoms with Crippen LogP contribution in [0, 0.1) is 0 Å². The average Bonchev–Trinajstić information content (AvgIpc) is 3.03. The lowest BCUT2D eigenvalue weighted by molar-refractivity contribution is 0.0855. The summed E-state index contributed by atoms with van der Waals surface area (Å²) in [6.45, 7) is 0.615. The number of carbonyl (C=O) groups excluding carboxylic acids is 1. The summed E-state index contributed by atoms with van der Waals surface area (Å²) in [4.78, 5) is 20.0. The zero-order valence-corrected chi connectivity index (χ0v) is 11.9. The maximum Gasteiger partial charge on any atom is 0.270 e. The lowest BCUT2D eigenvalue weighted by Crippen LogP contribution is -2.32. The van der Waals surface area contributed by atoms with Crippen molar-refractivity contribution in [2.45, 2.75) is 6.54 Å². The van der Waals surface area contributed by atoms with Gasteiger partial charge < -0.3 is 0 Å². The fraction of sp³-hybridized carbons (Fsp3) is 0.0588. The molecular weight excluding hydrogens is 280 g/mol. The number of amides is 1. The normalized spacial score (nSPS) is 15.7. The van der Waals surface area contributed by atoms with Crippen LogP contribution in [-0.4, -0.2) is 16.6 Å². The molecule has 5 rings (SSSR count). The predicted octanol–water partition coefficient (Wildman–Crippen LogP) is 3.95. The first-order chi connectivity index (χ1) is 10.3. The lowest BCUT2D eigenvalue weighted by Gasteiger charge is -2.23. The fourth-order valence-electron chi connectivity index (χ4n) is 3.07. The molecular formula is C17H10N2OS. The van der Waals surface area contributed by atoms with Crippen molar-refractivity contribution in [2.75, 3.05) is 0 Å². The number of rotatable bonds is 0. The van der Waals surface area contributed by atoms with Crippen LogP contribution in [0.3, 0.4) is 0 Å². The van der Waals surface area contributed by atoms with E-state index in [-0.39, 0.29) is 5.91 Å². The summed E-state index contributed by atoms with van der Waals surface area (Å²) < 4.78 is 1.15. The Bertz CT molecular complexity index is 954. The van der Waals surface area contributed by atoms with E-state index in [1.54, 1.807) is 16.2 Å². The van der Waals surface area contributed by atoms with Crippen molar-refractivity contribution in [1.29, 1.82) is 0 Å². The van der Waals surface area contributed by atoms with Gasteiger partial charge in [-0.05, 0) is 17.7 Å². The second-order valence-corrected chi connectivity index (χ2v) is 6.31. The van der Waals surface area contributed by atoms with Gasteiger partial charge in [0.25, 0.3) is 5.91 Å². The number of aliphatic imine (C=N–C) groups is 1. The first-order valence-corrected chi connectivity index (χ1v) is 7.65. The van der Waals surface area contributed by atoms with Gasteiger partial charge in [0, 0.05) is 15.6 Å². The maximum absolute atomic E-state index is 12.7. The number of carbonyl (C=O) groups is 1. The van der Waals surface area contributed by atoms with E-state index in [9.17, 15) is 4.79 Å². The molecule has 3 heterocycles. The number of hydrogen-bond donors (Lipinski definition) is 0. The first kappa shape index (κ1) is 11.2. The minimum Gasteiger partial charge on any atom is -0.287 e. The Balaban J connectivity index is 1.84. The number of benzene rings is 2. The maximum atomic E-state index is 12.7. The third-order valence-electron chi connectivity index (χ3n) is 4.06. The van der Waals surface area contributed by atoms with Crippen LogP contribution in [0.1, 0.15) is 20.8 Å². The number of thiophene rings is 1.